The van der Waals surface area contributed by atoms with E-state index in [2.05, 4.69) is 32.0 Å². The Morgan fingerprint density at radius 3 is 1.71 bits per heavy atom. The number of phenolic OH excluding ortho intramolecular Hbond substituents is 1. The molecule has 4 aromatic rings. The third kappa shape index (κ3) is 29.0. The van der Waals surface area contributed by atoms with Crippen molar-refractivity contribution in [3.05, 3.63) is 102 Å². The van der Waals surface area contributed by atoms with Crippen LogP contribution < -0.4 is 47.4 Å². The number of carboxylic acids is 4. The number of amides is 4. The molecule has 3 aromatic carbocycles. The molecule has 0 bridgehead atoms. The van der Waals surface area contributed by atoms with Gasteiger partial charge in [0.2, 0.25) is 23.6 Å². The molecule has 6 rings (SSSR count). The quantitative estimate of drug-likeness (QED) is 0.0190. The zero-order valence-corrected chi connectivity index (χ0v) is 59.8. The molecule has 2 saturated heterocycles. The number of benzene rings is 3. The van der Waals surface area contributed by atoms with Gasteiger partial charge in [-0.2, -0.15) is 0 Å². The number of aliphatic hydroxyl groups excluding tert-OH is 2. The predicted molar refractivity (Wildman–Crippen MR) is 360 cm³/mol. The maximum absolute atomic E-state index is 15.4. The topological polar surface area (TPSA) is 462 Å². The fraction of sp³-hybridized carbons (Fsp3) is 0.536. The van der Waals surface area contributed by atoms with Gasteiger partial charge in [-0.3, -0.25) is 58.0 Å². The fourth-order valence-corrected chi connectivity index (χ4v) is 14.6. The molecule has 561 valence electrons. The number of ketones is 4. The van der Waals surface area contributed by atoms with Gasteiger partial charge in [0.25, 0.3) is 0 Å². The van der Waals surface area contributed by atoms with Gasteiger partial charge in [0, 0.05) is 181 Å². The van der Waals surface area contributed by atoms with Crippen LogP contribution in [-0.4, -0.2) is 244 Å². The molecule has 1 aromatic heterocycles. The summed E-state index contributed by atoms with van der Waals surface area (Å²) in [7, 11) is 1.85. The first-order valence-corrected chi connectivity index (χ1v) is 35.9. The van der Waals surface area contributed by atoms with E-state index in [0.717, 1.165) is 39.4 Å². The molecule has 0 saturated carbocycles. The number of fused-ring (bicyclic) bond motifs is 1. The average molecular weight is 1610 g/mol. The average Bonchev–Trinajstić information content (AvgIpc) is 1.75. The number of para-hydroxylation sites is 1. The van der Waals surface area contributed by atoms with Gasteiger partial charge < -0.3 is 86.9 Å². The van der Waals surface area contributed by atoms with E-state index in [9.17, 15) is 74.1 Å². The van der Waals surface area contributed by atoms with Gasteiger partial charge in [0.05, 0.1) is 79.2 Å². The first-order chi connectivity index (χ1) is 47.7. The standard InChI is InChI=1S/C69H94N10O19S2.Lu/c1-42(80)51-33-60(85)54(14-8-9-19-70)73-66(94)46(30-47-35-71-53-13-7-6-12-50(47)53)31-58(83)56(29-45-15-17-49(82)18-16-45)74-67(95)48(40-99-100-41-57(75-68(51)96)61(86)34-52(43(2)81)69(97)98)32-59(84)55(28-44-10-4-3-5-11-44)72-62(87)36-76-20-22-77(37-63(88)89)24-26-79(39-65(92)93)27-25-78(23-21-76)38-64(90)91;/h3-7,10-13,15-18,35,42-43,46,48,51-52,54-57,71,80-82H,8-9,14,19-34,36-41,70H2,1-2H3,(H,72,87)(H,73,94)(H,74,95)(H,75,96)(H,88,89)(H,90,91)(H,92,93)(H,97,98);/p-3/t42-,43-,46+,48+,51+,52+,54+,55-,56+,57+;/m1./s1/i;1+2. The molecule has 10 atom stereocenters. The van der Waals surface area contributed by atoms with Crippen LogP contribution in [0.3, 0.4) is 0 Å². The van der Waals surface area contributed by atoms with E-state index in [1.807, 2.05) is 12.1 Å². The van der Waals surface area contributed by atoms with Crippen molar-refractivity contribution in [2.45, 2.75) is 114 Å². The number of carbonyl (C=O) groups excluding carboxylic acids is 12. The first kappa shape index (κ1) is 84.7. The number of quaternary nitrogens is 1. The Hall–Kier alpha value is -6.91. The Bertz CT molecular complexity index is 3410. The number of aromatic amines is 1. The normalized spacial score (nSPS) is 21.9. The van der Waals surface area contributed by atoms with Crippen LogP contribution in [0.25, 0.3) is 10.9 Å². The molecule has 1 radical (unpaired) electrons. The number of aromatic nitrogens is 1. The number of aliphatic hydroxyl groups is 2. The van der Waals surface area contributed by atoms with Gasteiger partial charge in [-0.05, 0) is 87.3 Å². The Balaban J connectivity index is 0.0000184. The van der Waals surface area contributed by atoms with Crippen molar-refractivity contribution in [3.8, 4) is 5.75 Å². The first-order valence-electron chi connectivity index (χ1n) is 33.4. The van der Waals surface area contributed by atoms with Crippen molar-refractivity contribution in [1.82, 2.24) is 45.9 Å². The second-order valence-corrected chi connectivity index (χ2v) is 28.2. The number of nitrogens with zero attached hydrogens (tertiary/aromatic N) is 4. The summed E-state index contributed by atoms with van der Waals surface area (Å²) >= 11 is 0. The van der Waals surface area contributed by atoms with Crippen molar-refractivity contribution < 1.29 is 136 Å². The van der Waals surface area contributed by atoms with Gasteiger partial charge in [-0.25, -0.2) is 0 Å². The van der Waals surface area contributed by atoms with E-state index in [4.69, 9.17) is 0 Å². The number of phenols is 1. The predicted octanol–water partition coefficient (Wildman–Crippen LogP) is -5.07. The Labute approximate surface area is 622 Å². The van der Waals surface area contributed by atoms with Gasteiger partial charge in [-0.15, -0.1) is 0 Å². The summed E-state index contributed by atoms with van der Waals surface area (Å²) in [5, 5.41) is 91.5. The van der Waals surface area contributed by atoms with Crippen LogP contribution in [0.2, 0.25) is 0 Å². The Kier molecular flexibility index (Phi) is 36.3. The Morgan fingerprint density at radius 2 is 1.16 bits per heavy atom. The summed E-state index contributed by atoms with van der Waals surface area (Å²) in [6.45, 7) is 1.02. The van der Waals surface area contributed by atoms with Crippen LogP contribution in [0.4, 0.5) is 0 Å². The molecule has 101 heavy (non-hydrogen) atoms. The van der Waals surface area contributed by atoms with Crippen LogP contribution >= 0.6 is 21.6 Å². The summed E-state index contributed by atoms with van der Waals surface area (Å²) in [6.07, 6.45) is -3.56. The zero-order valence-electron chi connectivity index (χ0n) is 56.5. The molecule has 11 N–H and O–H groups in total. The number of hydrogen-bond donors (Lipinski definition) is 9. The van der Waals surface area contributed by atoms with Gasteiger partial charge in [-0.1, -0.05) is 82.3 Å². The largest absolute Gasteiger partial charge is 0.550 e. The molecule has 32 heteroatoms. The summed E-state index contributed by atoms with van der Waals surface area (Å²) in [5.74, 6) is -18.9. The molecular weight excluding hydrogens is 1510 g/mol. The third-order valence-corrected chi connectivity index (χ3v) is 20.3. The number of unbranched alkanes of at least 4 members (excludes halogenated alkanes) is 1. The molecule has 0 aliphatic carbocycles. The summed E-state index contributed by atoms with van der Waals surface area (Å²) in [5.41, 5.74) is 6.27. The number of carbonyl (C=O) groups is 12. The number of aliphatic carboxylic acids is 4. The molecular formula is C69H91LuN10O19S2-3. The number of hydrogen-bond acceptors (Lipinski definition) is 25. The van der Waals surface area contributed by atoms with Gasteiger partial charge in [0.15, 0.2) is 23.1 Å². The van der Waals surface area contributed by atoms with Crippen molar-refractivity contribution in [2.75, 3.05) is 96.6 Å². The van der Waals surface area contributed by atoms with E-state index in [0.29, 0.717) is 36.1 Å². The maximum atomic E-state index is 15.4. The molecule has 2 aliphatic rings. The maximum Gasteiger partial charge on any atom is 0.234 e. The van der Waals surface area contributed by atoms with Crippen LogP contribution in [0, 0.1) is 60.5 Å². The van der Waals surface area contributed by atoms with Gasteiger partial charge in [0.1, 0.15) is 5.75 Å². The van der Waals surface area contributed by atoms with Crippen molar-refractivity contribution in [1.29, 1.82) is 0 Å². The van der Waals surface area contributed by atoms with E-state index in [1.165, 1.54) is 45.9 Å². The number of rotatable bonds is 28. The van der Waals surface area contributed by atoms with Crippen molar-refractivity contribution in [3.63, 3.8) is 0 Å². The molecule has 3 heterocycles. The molecule has 2 fully saturated rings. The van der Waals surface area contributed by atoms with Crippen LogP contribution in [0.5, 0.6) is 5.75 Å². The van der Waals surface area contributed by atoms with Crippen LogP contribution in [0.15, 0.2) is 85.1 Å². The minimum absolute atomic E-state index is 0. The van der Waals surface area contributed by atoms with Gasteiger partial charge >= 0.3 is 0 Å². The molecule has 0 unspecified atom stereocenters. The van der Waals surface area contributed by atoms with E-state index >= 15 is 19.2 Å². The second kappa shape index (κ2) is 43.3. The van der Waals surface area contributed by atoms with Crippen LogP contribution in [0.1, 0.15) is 75.5 Å². The minimum Gasteiger partial charge on any atom is -0.550 e. The minimum atomic E-state index is -1.76. The molecule has 29 nitrogen and oxygen atoms in total. The third-order valence-electron chi connectivity index (χ3n) is 17.9. The fourth-order valence-electron chi connectivity index (χ4n) is 12.0. The summed E-state index contributed by atoms with van der Waals surface area (Å²) in [6, 6.07) is 15.9. The molecule has 4 amide bonds. The number of nitrogens with one attached hydrogen (secondary N) is 5. The molecule has 2 aliphatic heterocycles. The number of H-pyrrole nitrogens is 1. The SMILES string of the molecule is C[C@@H](O)[C@H](CC(=O)[C@@H]1CSSC[C@H](CC(=O)[C@@H](Cc2ccccc2)NC(=O)CN2CCN(CC(=O)[O-])CCN(CC(=O)[O-])CCN(CC(=O)[O-])CC2)C(=O)N[C@@H](Cc2ccc(O)cc2)C(=O)C[C@H](Cc2c[nH]c3ccccc23)C(=O)N[C@@H](CCCC[NH3+])C(=O)C[C@@H]([C@@H](C)O)C(=O)N1)C(=O)[O-].[177Lu]. The molecule has 0 spiro atoms. The second-order valence-electron chi connectivity index (χ2n) is 25.7. The van der Waals surface area contributed by atoms with E-state index in [-0.39, 0.29) is 132 Å². The monoisotopic (exact) mass is 1600 g/mol. The summed E-state index contributed by atoms with van der Waals surface area (Å²) < 4.78 is 0. The van der Waals surface area contributed by atoms with Crippen molar-refractivity contribution >= 4 is 103 Å². The number of carboxylic acid groups (broad SMARTS) is 4. The number of Topliss-reactive ketones (excluding diaryl/α,β-unsaturated/α-hetero) is 4. The Morgan fingerprint density at radius 1 is 0.624 bits per heavy atom. The van der Waals surface area contributed by atoms with Crippen molar-refractivity contribution in [2.24, 2.45) is 23.7 Å². The number of aromatic hydroxyl groups is 1. The van der Waals surface area contributed by atoms with E-state index in [1.54, 1.807) is 53.6 Å². The smallest absolute Gasteiger partial charge is 0.234 e. The summed E-state index contributed by atoms with van der Waals surface area (Å²) in [4.78, 5) is 176. The zero-order chi connectivity index (χ0) is 73.0. The van der Waals surface area contributed by atoms with Crippen LogP contribution in [-0.2, 0) is 76.8 Å². The van der Waals surface area contributed by atoms with E-state index < -0.39 is 183 Å².